The second-order valence-corrected chi connectivity index (χ2v) is 3.30. The molecule has 0 bridgehead atoms. The van der Waals surface area contributed by atoms with Crippen molar-refractivity contribution in [3.8, 4) is 5.88 Å². The lowest BCUT2D eigenvalue weighted by Gasteiger charge is -2.10. The van der Waals surface area contributed by atoms with Crippen LogP contribution < -0.4 is 10.1 Å². The molecule has 0 aromatic carbocycles. The smallest absolute Gasteiger partial charge is 0.234 e. The van der Waals surface area contributed by atoms with Gasteiger partial charge in [0, 0.05) is 6.54 Å². The summed E-state index contributed by atoms with van der Waals surface area (Å²) >= 11 is 5.66. The molecule has 2 heterocycles. The van der Waals surface area contributed by atoms with Crippen LogP contribution in [0.3, 0.4) is 0 Å². The van der Waals surface area contributed by atoms with Gasteiger partial charge in [0.25, 0.3) is 0 Å². The molecule has 1 aromatic heterocycles. The van der Waals surface area contributed by atoms with Crippen molar-refractivity contribution in [3.63, 3.8) is 0 Å². The number of hydrogen-bond acceptors (Lipinski definition) is 4. The van der Waals surface area contributed by atoms with Gasteiger partial charge < -0.3 is 10.1 Å². The number of aromatic nitrogens is 2. The largest absolute Gasteiger partial charge is 0.472 e. The van der Waals surface area contributed by atoms with E-state index in [2.05, 4.69) is 15.3 Å². The Morgan fingerprint density at radius 2 is 2.46 bits per heavy atom. The Morgan fingerprint density at radius 1 is 1.54 bits per heavy atom. The van der Waals surface area contributed by atoms with Crippen LogP contribution in [0.1, 0.15) is 6.42 Å². The minimum Gasteiger partial charge on any atom is -0.472 e. The summed E-state index contributed by atoms with van der Waals surface area (Å²) in [7, 11) is 0. The fraction of sp³-hybridized carbons (Fsp3) is 0.500. The van der Waals surface area contributed by atoms with Crippen LogP contribution in [0.5, 0.6) is 5.88 Å². The Kier molecular flexibility index (Phi) is 2.61. The average molecular weight is 200 g/mol. The molecule has 1 N–H and O–H groups in total. The highest BCUT2D eigenvalue weighted by Crippen LogP contribution is 2.13. The topological polar surface area (TPSA) is 47.0 Å². The van der Waals surface area contributed by atoms with Crippen LogP contribution in [-0.2, 0) is 0 Å². The molecule has 1 aliphatic rings. The SMILES string of the molecule is Clc1cncc(O[C@@H]2CCNC2)n1. The van der Waals surface area contributed by atoms with E-state index < -0.39 is 0 Å². The summed E-state index contributed by atoms with van der Waals surface area (Å²) in [4.78, 5) is 7.88. The van der Waals surface area contributed by atoms with E-state index in [0.29, 0.717) is 11.0 Å². The predicted octanol–water partition coefficient (Wildman–Crippen LogP) is 0.871. The van der Waals surface area contributed by atoms with Crippen molar-refractivity contribution in [1.82, 2.24) is 15.3 Å². The number of rotatable bonds is 2. The van der Waals surface area contributed by atoms with E-state index in [0.717, 1.165) is 19.5 Å². The molecular formula is C8H10ClN3O. The Hall–Kier alpha value is -0.870. The second kappa shape index (κ2) is 3.89. The Labute approximate surface area is 81.3 Å². The third-order valence-corrected chi connectivity index (χ3v) is 2.07. The minimum atomic E-state index is 0.202. The molecule has 0 amide bonds. The lowest BCUT2D eigenvalue weighted by atomic mass is 10.3. The fourth-order valence-corrected chi connectivity index (χ4v) is 1.42. The van der Waals surface area contributed by atoms with Gasteiger partial charge in [-0.3, -0.25) is 4.98 Å². The third kappa shape index (κ3) is 2.29. The fourth-order valence-electron chi connectivity index (χ4n) is 1.28. The monoisotopic (exact) mass is 199 g/mol. The lowest BCUT2D eigenvalue weighted by molar-refractivity contribution is 0.213. The molecule has 2 rings (SSSR count). The number of nitrogens with zero attached hydrogens (tertiary/aromatic N) is 2. The van der Waals surface area contributed by atoms with Crippen molar-refractivity contribution in [2.24, 2.45) is 0 Å². The van der Waals surface area contributed by atoms with Crippen LogP contribution >= 0.6 is 11.6 Å². The van der Waals surface area contributed by atoms with Gasteiger partial charge in [0.1, 0.15) is 6.10 Å². The van der Waals surface area contributed by atoms with Gasteiger partial charge in [-0.2, -0.15) is 4.98 Å². The maximum Gasteiger partial charge on any atom is 0.234 e. The first-order valence-electron chi connectivity index (χ1n) is 4.19. The van der Waals surface area contributed by atoms with E-state index in [1.807, 2.05) is 0 Å². The Bertz CT molecular complexity index is 288. The first kappa shape index (κ1) is 8.72. The van der Waals surface area contributed by atoms with Crippen LogP contribution in [0, 0.1) is 0 Å². The van der Waals surface area contributed by atoms with Gasteiger partial charge in [-0.1, -0.05) is 11.6 Å². The number of hydrogen-bond donors (Lipinski definition) is 1. The van der Waals surface area contributed by atoms with Crippen LogP contribution in [0.15, 0.2) is 12.4 Å². The number of nitrogens with one attached hydrogen (secondary N) is 1. The summed E-state index contributed by atoms with van der Waals surface area (Å²) in [5.74, 6) is 0.501. The van der Waals surface area contributed by atoms with Crippen LogP contribution in [0.2, 0.25) is 5.15 Å². The van der Waals surface area contributed by atoms with Crippen LogP contribution in [-0.4, -0.2) is 29.2 Å². The van der Waals surface area contributed by atoms with Crippen LogP contribution in [0.25, 0.3) is 0 Å². The van der Waals surface area contributed by atoms with Gasteiger partial charge in [0.15, 0.2) is 5.15 Å². The summed E-state index contributed by atoms with van der Waals surface area (Å²) in [5.41, 5.74) is 0. The van der Waals surface area contributed by atoms with Crippen molar-refractivity contribution >= 4 is 11.6 Å². The zero-order valence-corrected chi connectivity index (χ0v) is 7.79. The van der Waals surface area contributed by atoms with Crippen molar-refractivity contribution in [3.05, 3.63) is 17.5 Å². The molecule has 5 heteroatoms. The first-order valence-corrected chi connectivity index (χ1v) is 4.57. The lowest BCUT2D eigenvalue weighted by Crippen LogP contribution is -2.20. The molecule has 0 radical (unpaired) electrons. The molecular weight excluding hydrogens is 190 g/mol. The predicted molar refractivity (Wildman–Crippen MR) is 48.9 cm³/mol. The minimum absolute atomic E-state index is 0.202. The van der Waals surface area contributed by atoms with Crippen LogP contribution in [0.4, 0.5) is 0 Å². The molecule has 1 aliphatic heterocycles. The first-order chi connectivity index (χ1) is 6.34. The highest BCUT2D eigenvalue weighted by Gasteiger charge is 2.16. The van der Waals surface area contributed by atoms with Crippen molar-refractivity contribution in [2.75, 3.05) is 13.1 Å². The molecule has 1 aromatic rings. The summed E-state index contributed by atoms with van der Waals surface area (Å²) in [6.07, 6.45) is 4.27. The quantitative estimate of drug-likeness (QED) is 0.768. The highest BCUT2D eigenvalue weighted by atomic mass is 35.5. The molecule has 4 nitrogen and oxygen atoms in total. The molecule has 1 atom stereocenters. The Morgan fingerprint density at radius 3 is 3.15 bits per heavy atom. The maximum atomic E-state index is 5.66. The molecule has 70 valence electrons. The van der Waals surface area contributed by atoms with Gasteiger partial charge in [-0.05, 0) is 13.0 Å². The van der Waals surface area contributed by atoms with E-state index >= 15 is 0 Å². The second-order valence-electron chi connectivity index (χ2n) is 2.91. The zero-order chi connectivity index (χ0) is 9.10. The van der Waals surface area contributed by atoms with E-state index in [1.54, 1.807) is 6.20 Å². The van der Waals surface area contributed by atoms with Gasteiger partial charge >= 0.3 is 0 Å². The Balaban J connectivity index is 2.00. The normalized spacial score (nSPS) is 21.8. The number of halogens is 1. The highest BCUT2D eigenvalue weighted by molar-refractivity contribution is 6.29. The summed E-state index contributed by atoms with van der Waals surface area (Å²) in [6.45, 7) is 1.87. The molecule has 13 heavy (non-hydrogen) atoms. The van der Waals surface area contributed by atoms with Gasteiger partial charge in [-0.15, -0.1) is 0 Å². The van der Waals surface area contributed by atoms with Crippen molar-refractivity contribution in [1.29, 1.82) is 0 Å². The average Bonchev–Trinajstić information content (AvgIpc) is 2.57. The molecule has 1 saturated heterocycles. The summed E-state index contributed by atoms with van der Waals surface area (Å²) in [6, 6.07) is 0. The summed E-state index contributed by atoms with van der Waals surface area (Å²) < 4.78 is 5.54. The van der Waals surface area contributed by atoms with Crippen molar-refractivity contribution < 1.29 is 4.74 Å². The zero-order valence-electron chi connectivity index (χ0n) is 7.03. The van der Waals surface area contributed by atoms with E-state index in [-0.39, 0.29) is 6.10 Å². The van der Waals surface area contributed by atoms with Crippen molar-refractivity contribution in [2.45, 2.75) is 12.5 Å². The van der Waals surface area contributed by atoms with Gasteiger partial charge in [0.05, 0.1) is 12.4 Å². The summed E-state index contributed by atoms with van der Waals surface area (Å²) in [5, 5.41) is 3.57. The standard InChI is InChI=1S/C8H10ClN3O/c9-7-4-11-5-8(12-7)13-6-1-2-10-3-6/h4-6,10H,1-3H2/t6-/m1/s1. The third-order valence-electron chi connectivity index (χ3n) is 1.89. The van der Waals surface area contributed by atoms with E-state index in [9.17, 15) is 0 Å². The van der Waals surface area contributed by atoms with Gasteiger partial charge in [0.2, 0.25) is 5.88 Å². The maximum absolute atomic E-state index is 5.66. The number of ether oxygens (including phenoxy) is 1. The molecule has 1 fully saturated rings. The molecule has 0 unspecified atom stereocenters. The molecule has 0 aliphatic carbocycles. The van der Waals surface area contributed by atoms with Gasteiger partial charge in [-0.25, -0.2) is 0 Å². The van der Waals surface area contributed by atoms with E-state index in [4.69, 9.17) is 16.3 Å². The molecule has 0 spiro atoms. The van der Waals surface area contributed by atoms with E-state index in [1.165, 1.54) is 6.20 Å². The molecule has 0 saturated carbocycles.